The van der Waals surface area contributed by atoms with Crippen molar-refractivity contribution < 1.29 is 17.9 Å². The highest BCUT2D eigenvalue weighted by molar-refractivity contribution is 7.90. The van der Waals surface area contributed by atoms with E-state index in [1.807, 2.05) is 0 Å². The summed E-state index contributed by atoms with van der Waals surface area (Å²) in [6.07, 6.45) is 1.16. The molecule has 0 aliphatic carbocycles. The Hall–Kier alpha value is -1.15. The van der Waals surface area contributed by atoms with Gasteiger partial charge in [0.1, 0.15) is 14.8 Å². The Kier molecular flexibility index (Phi) is 4.88. The number of thiazole rings is 1. The summed E-state index contributed by atoms with van der Waals surface area (Å²) in [4.78, 5) is 15.3. The first-order valence-corrected chi connectivity index (χ1v) is 7.90. The molecule has 8 heteroatoms. The molecular formula is C9H14N2O4S2. The maximum atomic E-state index is 11.5. The molecule has 0 aliphatic heterocycles. The minimum atomic E-state index is -3.02. The number of carbonyl (C=O) groups is 1. The number of hydrogen-bond acceptors (Lipinski definition) is 7. The number of sulfone groups is 1. The number of hydrogen-bond donors (Lipinski definition) is 1. The van der Waals surface area contributed by atoms with Gasteiger partial charge < -0.3 is 10.1 Å². The molecule has 0 atom stereocenters. The number of nitrogens with zero attached hydrogens (tertiary/aromatic N) is 1. The van der Waals surface area contributed by atoms with E-state index in [4.69, 9.17) is 4.74 Å². The van der Waals surface area contributed by atoms with Crippen LogP contribution in [0.25, 0.3) is 0 Å². The third kappa shape index (κ3) is 4.70. The SMILES string of the molecule is CCOC(=O)c1ncsc1NCCS(C)(=O)=O. The third-order valence-corrected chi connectivity index (χ3v) is 3.52. The number of esters is 1. The van der Waals surface area contributed by atoms with Crippen LogP contribution in [0, 0.1) is 0 Å². The molecule has 17 heavy (non-hydrogen) atoms. The lowest BCUT2D eigenvalue weighted by Crippen LogP contribution is -2.15. The maximum Gasteiger partial charge on any atom is 0.360 e. The minimum Gasteiger partial charge on any atom is -0.461 e. The van der Waals surface area contributed by atoms with Crippen LogP contribution in [0.5, 0.6) is 0 Å². The van der Waals surface area contributed by atoms with Gasteiger partial charge in [-0.15, -0.1) is 11.3 Å². The lowest BCUT2D eigenvalue weighted by atomic mass is 10.4. The molecule has 0 bridgehead atoms. The van der Waals surface area contributed by atoms with Crippen molar-refractivity contribution in [3.63, 3.8) is 0 Å². The van der Waals surface area contributed by atoms with E-state index in [-0.39, 0.29) is 24.6 Å². The summed E-state index contributed by atoms with van der Waals surface area (Å²) in [7, 11) is -3.02. The molecule has 0 saturated heterocycles. The number of nitrogens with one attached hydrogen (secondary N) is 1. The quantitative estimate of drug-likeness (QED) is 0.774. The molecule has 0 saturated carbocycles. The smallest absolute Gasteiger partial charge is 0.360 e. The molecule has 6 nitrogen and oxygen atoms in total. The maximum absolute atomic E-state index is 11.5. The lowest BCUT2D eigenvalue weighted by Gasteiger charge is -2.04. The zero-order chi connectivity index (χ0) is 12.9. The van der Waals surface area contributed by atoms with Crippen LogP contribution >= 0.6 is 11.3 Å². The number of aromatic nitrogens is 1. The van der Waals surface area contributed by atoms with Crippen molar-refractivity contribution in [2.75, 3.05) is 30.5 Å². The Bertz CT molecular complexity index is 481. The van der Waals surface area contributed by atoms with Crippen LogP contribution in [-0.2, 0) is 14.6 Å². The molecule has 0 unspecified atom stereocenters. The second-order valence-electron chi connectivity index (χ2n) is 3.31. The Balaban J connectivity index is 2.60. The van der Waals surface area contributed by atoms with Gasteiger partial charge in [0.25, 0.3) is 0 Å². The van der Waals surface area contributed by atoms with E-state index >= 15 is 0 Å². The predicted molar refractivity (Wildman–Crippen MR) is 66.3 cm³/mol. The molecule has 0 aromatic carbocycles. The van der Waals surface area contributed by atoms with Crippen LogP contribution in [0.3, 0.4) is 0 Å². The summed E-state index contributed by atoms with van der Waals surface area (Å²) in [6.45, 7) is 2.23. The fraction of sp³-hybridized carbons (Fsp3) is 0.556. The average Bonchev–Trinajstić information content (AvgIpc) is 2.64. The second kappa shape index (κ2) is 5.97. The van der Waals surface area contributed by atoms with Gasteiger partial charge in [-0.3, -0.25) is 0 Å². The standard InChI is InChI=1S/C9H14N2O4S2/c1-3-15-9(12)7-8(16-6-11-7)10-4-5-17(2,13)14/h6,10H,3-5H2,1-2H3. The summed E-state index contributed by atoms with van der Waals surface area (Å²) in [5, 5.41) is 3.40. The van der Waals surface area contributed by atoms with Gasteiger partial charge in [0.15, 0.2) is 5.69 Å². The first kappa shape index (κ1) is 13.9. The molecule has 0 radical (unpaired) electrons. The molecule has 0 spiro atoms. The fourth-order valence-electron chi connectivity index (χ4n) is 1.07. The molecule has 96 valence electrons. The topological polar surface area (TPSA) is 85.4 Å². The number of anilines is 1. The van der Waals surface area contributed by atoms with E-state index < -0.39 is 15.8 Å². The van der Waals surface area contributed by atoms with Gasteiger partial charge in [0.05, 0.1) is 17.9 Å². The second-order valence-corrected chi connectivity index (χ2v) is 6.42. The van der Waals surface area contributed by atoms with Crippen molar-refractivity contribution in [1.29, 1.82) is 0 Å². The molecular weight excluding hydrogens is 264 g/mol. The van der Waals surface area contributed by atoms with Crippen LogP contribution in [-0.4, -0.2) is 44.5 Å². The van der Waals surface area contributed by atoms with Gasteiger partial charge in [-0.2, -0.15) is 0 Å². The highest BCUT2D eigenvalue weighted by atomic mass is 32.2. The van der Waals surface area contributed by atoms with Gasteiger partial charge >= 0.3 is 5.97 Å². The molecule has 1 N–H and O–H groups in total. The van der Waals surface area contributed by atoms with Gasteiger partial charge in [0, 0.05) is 12.8 Å². The summed E-state index contributed by atoms with van der Waals surface area (Å²) in [5.74, 6) is -0.497. The summed E-state index contributed by atoms with van der Waals surface area (Å²) in [6, 6.07) is 0. The lowest BCUT2D eigenvalue weighted by molar-refractivity contribution is 0.0521. The molecule has 0 fully saturated rings. The van der Waals surface area contributed by atoms with Gasteiger partial charge in [-0.25, -0.2) is 18.2 Å². The van der Waals surface area contributed by atoms with Crippen LogP contribution in [0.1, 0.15) is 17.4 Å². The van der Waals surface area contributed by atoms with Gasteiger partial charge in [0.2, 0.25) is 0 Å². The van der Waals surface area contributed by atoms with Crippen molar-refractivity contribution in [1.82, 2.24) is 4.98 Å². The number of ether oxygens (including phenoxy) is 1. The molecule has 1 rings (SSSR count). The van der Waals surface area contributed by atoms with Crippen LogP contribution in [0.4, 0.5) is 5.00 Å². The highest BCUT2D eigenvalue weighted by Crippen LogP contribution is 2.20. The van der Waals surface area contributed by atoms with Crippen molar-refractivity contribution in [3.05, 3.63) is 11.2 Å². The minimum absolute atomic E-state index is 0.00711. The zero-order valence-electron chi connectivity index (χ0n) is 9.60. The van der Waals surface area contributed by atoms with E-state index in [1.165, 1.54) is 16.8 Å². The van der Waals surface area contributed by atoms with Gasteiger partial charge in [-0.1, -0.05) is 0 Å². The van der Waals surface area contributed by atoms with Crippen molar-refractivity contribution in [2.24, 2.45) is 0 Å². The Morgan fingerprint density at radius 2 is 2.29 bits per heavy atom. The van der Waals surface area contributed by atoms with Gasteiger partial charge in [-0.05, 0) is 6.92 Å². The number of carbonyl (C=O) groups excluding carboxylic acids is 1. The van der Waals surface area contributed by atoms with Crippen LogP contribution in [0.2, 0.25) is 0 Å². The summed E-state index contributed by atoms with van der Waals surface area (Å²) < 4.78 is 26.7. The molecule has 1 aromatic heterocycles. The predicted octanol–water partition coefficient (Wildman–Crippen LogP) is 0.776. The molecule has 0 amide bonds. The Morgan fingerprint density at radius 1 is 1.59 bits per heavy atom. The van der Waals surface area contributed by atoms with E-state index in [2.05, 4.69) is 10.3 Å². The van der Waals surface area contributed by atoms with Crippen molar-refractivity contribution in [2.45, 2.75) is 6.92 Å². The van der Waals surface area contributed by atoms with E-state index in [9.17, 15) is 13.2 Å². The van der Waals surface area contributed by atoms with Crippen molar-refractivity contribution >= 4 is 32.1 Å². The first-order valence-electron chi connectivity index (χ1n) is 4.96. The van der Waals surface area contributed by atoms with Crippen molar-refractivity contribution in [3.8, 4) is 0 Å². The average molecular weight is 278 g/mol. The first-order chi connectivity index (χ1) is 7.94. The number of rotatable bonds is 6. The fourth-order valence-corrected chi connectivity index (χ4v) is 2.24. The normalized spacial score (nSPS) is 11.2. The van der Waals surface area contributed by atoms with E-state index in [1.54, 1.807) is 6.92 Å². The summed E-state index contributed by atoms with van der Waals surface area (Å²) >= 11 is 1.24. The Morgan fingerprint density at radius 3 is 2.88 bits per heavy atom. The van der Waals surface area contributed by atoms with E-state index in [0.717, 1.165) is 6.26 Å². The zero-order valence-corrected chi connectivity index (χ0v) is 11.2. The Labute approximate surface area is 104 Å². The van der Waals surface area contributed by atoms with Crippen LogP contribution in [0.15, 0.2) is 5.51 Å². The summed E-state index contributed by atoms with van der Waals surface area (Å²) in [5.41, 5.74) is 1.71. The molecule has 0 aliphatic rings. The third-order valence-electron chi connectivity index (χ3n) is 1.79. The van der Waals surface area contributed by atoms with E-state index in [0.29, 0.717) is 5.00 Å². The highest BCUT2D eigenvalue weighted by Gasteiger charge is 2.15. The molecule has 1 heterocycles. The molecule has 1 aromatic rings. The monoisotopic (exact) mass is 278 g/mol. The van der Waals surface area contributed by atoms with Crippen LogP contribution < -0.4 is 5.32 Å². The largest absolute Gasteiger partial charge is 0.461 e.